The van der Waals surface area contributed by atoms with Crippen LogP contribution in [0.4, 0.5) is 5.82 Å². The van der Waals surface area contributed by atoms with E-state index >= 15 is 0 Å². The molecule has 0 radical (unpaired) electrons. The third-order valence-corrected chi connectivity index (χ3v) is 6.03. The van der Waals surface area contributed by atoms with E-state index < -0.39 is 6.10 Å². The number of hydrogen-bond donors (Lipinski definition) is 2. The summed E-state index contributed by atoms with van der Waals surface area (Å²) in [5.74, 6) is 0.662. The zero-order chi connectivity index (χ0) is 20.8. The molecule has 6 heteroatoms. The van der Waals surface area contributed by atoms with E-state index in [0.29, 0.717) is 18.2 Å². The maximum absolute atomic E-state index is 12.5. The molecule has 3 rings (SSSR count). The lowest BCUT2D eigenvalue weighted by Gasteiger charge is -2.35. The Morgan fingerprint density at radius 2 is 2.28 bits per heavy atom. The van der Waals surface area contributed by atoms with Crippen molar-refractivity contribution in [1.29, 1.82) is 0 Å². The molecule has 1 aromatic heterocycles. The molecule has 158 valence electrons. The largest absolute Gasteiger partial charge is 0.390 e. The first-order valence-electron chi connectivity index (χ1n) is 10.7. The van der Waals surface area contributed by atoms with Gasteiger partial charge in [-0.25, -0.2) is 4.98 Å². The molecular weight excluding hydrogens is 364 g/mol. The van der Waals surface area contributed by atoms with E-state index in [2.05, 4.69) is 39.2 Å². The molecule has 1 saturated carbocycles. The van der Waals surface area contributed by atoms with Crippen molar-refractivity contribution in [2.75, 3.05) is 38.1 Å². The molecule has 1 aliphatic carbocycles. The highest BCUT2D eigenvalue weighted by Crippen LogP contribution is 2.27. The van der Waals surface area contributed by atoms with E-state index in [9.17, 15) is 9.90 Å². The van der Waals surface area contributed by atoms with Crippen molar-refractivity contribution in [3.8, 4) is 0 Å². The average Bonchev–Trinajstić information content (AvgIpc) is 2.67. The molecule has 1 aliphatic heterocycles. The van der Waals surface area contributed by atoms with Gasteiger partial charge in [0.1, 0.15) is 5.82 Å². The summed E-state index contributed by atoms with van der Waals surface area (Å²) in [5.41, 5.74) is 3.33. The number of β-amino-alcohol motifs (C(OH)–C–C–N with tert-alkyl or cyclic N) is 1. The number of aromatic nitrogens is 1. The zero-order valence-corrected chi connectivity index (χ0v) is 17.9. The minimum atomic E-state index is -0.589. The summed E-state index contributed by atoms with van der Waals surface area (Å²) in [7, 11) is 2.04. The fourth-order valence-corrected chi connectivity index (χ4v) is 3.98. The zero-order valence-electron chi connectivity index (χ0n) is 17.9. The Kier molecular flexibility index (Phi) is 7.45. The summed E-state index contributed by atoms with van der Waals surface area (Å²) >= 11 is 0. The van der Waals surface area contributed by atoms with Crippen LogP contribution in [0.5, 0.6) is 0 Å². The Morgan fingerprint density at radius 1 is 1.48 bits per heavy atom. The van der Waals surface area contributed by atoms with E-state index in [-0.39, 0.29) is 12.5 Å². The number of rotatable bonds is 8. The predicted molar refractivity (Wildman–Crippen MR) is 117 cm³/mol. The van der Waals surface area contributed by atoms with Crippen molar-refractivity contribution in [3.05, 3.63) is 47.2 Å². The highest BCUT2D eigenvalue weighted by atomic mass is 16.3. The number of pyridine rings is 1. The number of amides is 1. The van der Waals surface area contributed by atoms with Gasteiger partial charge in [-0.2, -0.15) is 0 Å². The van der Waals surface area contributed by atoms with Gasteiger partial charge >= 0.3 is 0 Å². The number of carbonyl (C=O) groups is 1. The lowest BCUT2D eigenvalue weighted by atomic mass is 9.92. The lowest BCUT2D eigenvalue weighted by molar-refractivity contribution is 0.0864. The van der Waals surface area contributed by atoms with Gasteiger partial charge in [0.05, 0.1) is 6.10 Å². The molecule has 0 unspecified atom stereocenters. The number of aliphatic hydroxyl groups excluding tert-OH is 1. The van der Waals surface area contributed by atoms with E-state index in [1.807, 2.05) is 20.0 Å². The van der Waals surface area contributed by atoms with Crippen molar-refractivity contribution >= 4 is 11.7 Å². The number of nitrogens with one attached hydrogen (secondary N) is 1. The van der Waals surface area contributed by atoms with Gasteiger partial charge in [-0.15, -0.1) is 0 Å². The summed E-state index contributed by atoms with van der Waals surface area (Å²) in [6.07, 6.45) is 9.97. The standard InChI is InChI=1S/C23H34N4O2/c1-4-6-18-10-12-27(15-17(18)2)16-21(28)14-25-23(29)19-9-11-24-22(13-19)26(3)20-7-5-8-20/h4,6,9,11,13,20-21,28H,5,7-8,10,12,14-16H2,1-3H3,(H,25,29)/b6-4-/t21-/m0/s1. The third kappa shape index (κ3) is 5.67. The van der Waals surface area contributed by atoms with Gasteiger partial charge in [0, 0.05) is 51.0 Å². The third-order valence-electron chi connectivity index (χ3n) is 6.03. The molecule has 1 aromatic rings. The van der Waals surface area contributed by atoms with Gasteiger partial charge in [0.2, 0.25) is 0 Å². The van der Waals surface area contributed by atoms with Gasteiger partial charge in [0.15, 0.2) is 0 Å². The van der Waals surface area contributed by atoms with Crippen LogP contribution in [0.3, 0.4) is 0 Å². The second-order valence-electron chi connectivity index (χ2n) is 8.25. The molecule has 2 aliphatic rings. The minimum absolute atomic E-state index is 0.167. The first-order chi connectivity index (χ1) is 14.0. The SMILES string of the molecule is C/C=C\C1=C(C)CN(C[C@@H](O)CNC(=O)c2ccnc(N(C)C3CCC3)c2)CC1. The number of aliphatic hydroxyl groups is 1. The Hall–Kier alpha value is -2.18. The molecule has 6 nitrogen and oxygen atoms in total. The number of hydrogen-bond acceptors (Lipinski definition) is 5. The molecule has 1 atom stereocenters. The fourth-order valence-electron chi connectivity index (χ4n) is 3.98. The van der Waals surface area contributed by atoms with Gasteiger partial charge in [-0.3, -0.25) is 9.69 Å². The molecule has 2 N–H and O–H groups in total. The van der Waals surface area contributed by atoms with Crippen molar-refractivity contribution in [1.82, 2.24) is 15.2 Å². The van der Waals surface area contributed by atoms with Crippen LogP contribution in [-0.2, 0) is 0 Å². The molecule has 2 heterocycles. The van der Waals surface area contributed by atoms with Crippen molar-refractivity contribution in [3.63, 3.8) is 0 Å². The summed E-state index contributed by atoms with van der Waals surface area (Å²) in [6, 6.07) is 4.08. The fraction of sp³-hybridized carbons (Fsp3) is 0.565. The second kappa shape index (κ2) is 10.0. The summed E-state index contributed by atoms with van der Waals surface area (Å²) in [6.45, 7) is 6.80. The molecular formula is C23H34N4O2. The number of allylic oxidation sites excluding steroid dienone is 2. The number of nitrogens with zero attached hydrogens (tertiary/aromatic N) is 3. The van der Waals surface area contributed by atoms with Gasteiger partial charge in [-0.05, 0) is 57.2 Å². The van der Waals surface area contributed by atoms with Crippen LogP contribution in [0.1, 0.15) is 49.9 Å². The van der Waals surface area contributed by atoms with Crippen LogP contribution >= 0.6 is 0 Å². The molecule has 0 saturated heterocycles. The quantitative estimate of drug-likeness (QED) is 0.705. The highest BCUT2D eigenvalue weighted by Gasteiger charge is 2.23. The molecule has 0 aromatic carbocycles. The van der Waals surface area contributed by atoms with Crippen molar-refractivity contribution in [2.45, 2.75) is 51.7 Å². The molecule has 29 heavy (non-hydrogen) atoms. The van der Waals surface area contributed by atoms with E-state index in [0.717, 1.165) is 25.3 Å². The Balaban J connectivity index is 1.48. The Morgan fingerprint density at radius 3 is 2.93 bits per heavy atom. The molecule has 1 amide bonds. The maximum Gasteiger partial charge on any atom is 0.251 e. The first-order valence-corrected chi connectivity index (χ1v) is 10.7. The Bertz CT molecular complexity index is 770. The predicted octanol–water partition coefficient (Wildman–Crippen LogP) is 2.76. The van der Waals surface area contributed by atoms with Crippen LogP contribution in [-0.4, -0.2) is 66.3 Å². The molecule has 1 fully saturated rings. The van der Waals surface area contributed by atoms with Crippen LogP contribution in [0, 0.1) is 0 Å². The van der Waals surface area contributed by atoms with Crippen molar-refractivity contribution in [2.24, 2.45) is 0 Å². The topological polar surface area (TPSA) is 68.7 Å². The smallest absolute Gasteiger partial charge is 0.251 e. The van der Waals surface area contributed by atoms with Crippen molar-refractivity contribution < 1.29 is 9.90 Å². The molecule has 0 spiro atoms. The van der Waals surface area contributed by atoms with Crippen LogP contribution < -0.4 is 10.2 Å². The summed E-state index contributed by atoms with van der Waals surface area (Å²) < 4.78 is 0. The second-order valence-corrected chi connectivity index (χ2v) is 8.25. The Labute approximate surface area is 174 Å². The summed E-state index contributed by atoms with van der Waals surface area (Å²) in [4.78, 5) is 21.3. The summed E-state index contributed by atoms with van der Waals surface area (Å²) in [5, 5.41) is 13.3. The van der Waals surface area contributed by atoms with Crippen LogP contribution in [0.15, 0.2) is 41.6 Å². The van der Waals surface area contributed by atoms with Gasteiger partial charge in [-0.1, -0.05) is 17.7 Å². The first kappa shape index (κ1) is 21.5. The monoisotopic (exact) mass is 398 g/mol. The number of anilines is 1. The van der Waals surface area contributed by atoms with E-state index in [1.54, 1.807) is 12.3 Å². The van der Waals surface area contributed by atoms with E-state index in [1.165, 1.54) is 30.4 Å². The minimum Gasteiger partial charge on any atom is -0.390 e. The van der Waals surface area contributed by atoms with E-state index in [4.69, 9.17) is 0 Å². The van der Waals surface area contributed by atoms with Crippen LogP contribution in [0.25, 0.3) is 0 Å². The van der Waals surface area contributed by atoms with Gasteiger partial charge < -0.3 is 15.3 Å². The number of carbonyl (C=O) groups excluding carboxylic acids is 1. The van der Waals surface area contributed by atoms with Crippen LogP contribution in [0.2, 0.25) is 0 Å². The maximum atomic E-state index is 12.5. The lowest BCUT2D eigenvalue weighted by Crippen LogP contribution is -2.42. The normalized spacial score (nSPS) is 19.3. The highest BCUT2D eigenvalue weighted by molar-refractivity contribution is 5.94. The average molecular weight is 399 g/mol. The van der Waals surface area contributed by atoms with Gasteiger partial charge in [0.25, 0.3) is 5.91 Å². The molecule has 0 bridgehead atoms.